The van der Waals surface area contributed by atoms with E-state index in [1.165, 1.54) is 24.0 Å². The van der Waals surface area contributed by atoms with Crippen LogP contribution in [0, 0.1) is 0 Å². The highest BCUT2D eigenvalue weighted by molar-refractivity contribution is 7.20. The van der Waals surface area contributed by atoms with Crippen molar-refractivity contribution in [2.45, 2.75) is 24.8 Å². The maximum atomic E-state index is 12.5. The highest BCUT2D eigenvalue weighted by Crippen LogP contribution is 2.37. The summed E-state index contributed by atoms with van der Waals surface area (Å²) in [6, 6.07) is 10.2. The van der Waals surface area contributed by atoms with E-state index in [0.717, 1.165) is 43.1 Å². The van der Waals surface area contributed by atoms with Gasteiger partial charge in [-0.25, -0.2) is 0 Å². The molecule has 1 amide bonds. The van der Waals surface area contributed by atoms with Crippen LogP contribution in [-0.2, 0) is 4.74 Å². The van der Waals surface area contributed by atoms with E-state index in [0.29, 0.717) is 0 Å². The van der Waals surface area contributed by atoms with E-state index in [1.807, 2.05) is 18.2 Å². The first-order valence-corrected chi connectivity index (χ1v) is 9.18. The van der Waals surface area contributed by atoms with Crippen LogP contribution in [0.15, 0.2) is 30.3 Å². The Kier molecular flexibility index (Phi) is 4.09. The second kappa shape index (κ2) is 6.23. The number of carbonyl (C=O) groups excluding carboxylic acids is 1. The number of nitrogens with zero attached hydrogens (tertiary/aromatic N) is 1. The quantitative estimate of drug-likeness (QED) is 0.937. The molecule has 1 saturated heterocycles. The monoisotopic (exact) mass is 330 g/mol. The number of amides is 1. The fourth-order valence-electron chi connectivity index (χ4n) is 3.65. The highest BCUT2D eigenvalue weighted by atomic mass is 32.1. The molecule has 0 bridgehead atoms. The van der Waals surface area contributed by atoms with Crippen molar-refractivity contribution < 1.29 is 9.53 Å². The second-order valence-electron chi connectivity index (χ2n) is 6.51. The minimum Gasteiger partial charge on any atom is -0.379 e. The topological polar surface area (TPSA) is 41.6 Å². The van der Waals surface area contributed by atoms with Gasteiger partial charge in [0, 0.05) is 29.9 Å². The molecule has 1 N–H and O–H groups in total. The minimum atomic E-state index is 0.0609. The molecular weight excluding hydrogens is 308 g/mol. The van der Waals surface area contributed by atoms with E-state index >= 15 is 0 Å². The number of benzene rings is 1. The normalized spacial score (nSPS) is 21.0. The lowest BCUT2D eigenvalue weighted by atomic mass is 9.75. The minimum absolute atomic E-state index is 0.0609. The first-order chi connectivity index (χ1) is 11.3. The lowest BCUT2D eigenvalue weighted by Crippen LogP contribution is -2.62. The number of hydrogen-bond acceptors (Lipinski definition) is 4. The molecule has 2 fully saturated rings. The van der Waals surface area contributed by atoms with Crippen molar-refractivity contribution in [2.24, 2.45) is 0 Å². The molecule has 0 radical (unpaired) electrons. The van der Waals surface area contributed by atoms with Crippen LogP contribution in [0.25, 0.3) is 10.1 Å². The standard InChI is InChI=1S/C18H22N2O2S/c21-17(16-12-14-4-1-2-5-15(14)23-16)19-13-18(6-3-7-18)20-8-10-22-11-9-20/h1-2,4-5,12H,3,6-11,13H2,(H,19,21). The summed E-state index contributed by atoms with van der Waals surface area (Å²) in [6.45, 7) is 4.34. The molecule has 2 aromatic rings. The highest BCUT2D eigenvalue weighted by Gasteiger charge is 2.43. The third-order valence-corrected chi connectivity index (χ3v) is 6.31. The van der Waals surface area contributed by atoms with E-state index in [4.69, 9.17) is 4.74 Å². The first kappa shape index (κ1) is 15.1. The molecule has 122 valence electrons. The Hall–Kier alpha value is -1.43. The van der Waals surface area contributed by atoms with E-state index in [1.54, 1.807) is 11.3 Å². The van der Waals surface area contributed by atoms with Crippen LogP contribution < -0.4 is 5.32 Å². The molecule has 1 aromatic heterocycles. The number of carbonyl (C=O) groups is 1. The van der Waals surface area contributed by atoms with Crippen LogP contribution in [0.1, 0.15) is 28.9 Å². The van der Waals surface area contributed by atoms with Gasteiger partial charge < -0.3 is 10.1 Å². The van der Waals surface area contributed by atoms with Gasteiger partial charge in [0.25, 0.3) is 5.91 Å². The Morgan fingerprint density at radius 3 is 2.74 bits per heavy atom. The number of rotatable bonds is 4. The van der Waals surface area contributed by atoms with Crippen molar-refractivity contribution in [3.63, 3.8) is 0 Å². The molecule has 1 aliphatic carbocycles. The average Bonchev–Trinajstić information content (AvgIpc) is 2.99. The molecule has 0 spiro atoms. The van der Waals surface area contributed by atoms with Crippen LogP contribution >= 0.6 is 11.3 Å². The molecule has 2 aliphatic rings. The van der Waals surface area contributed by atoms with Gasteiger partial charge in [-0.1, -0.05) is 18.2 Å². The van der Waals surface area contributed by atoms with Crippen molar-refractivity contribution in [2.75, 3.05) is 32.8 Å². The largest absolute Gasteiger partial charge is 0.379 e. The van der Waals surface area contributed by atoms with Gasteiger partial charge in [-0.2, -0.15) is 0 Å². The fourth-order valence-corrected chi connectivity index (χ4v) is 4.63. The lowest BCUT2D eigenvalue weighted by Gasteiger charge is -2.51. The van der Waals surface area contributed by atoms with Gasteiger partial charge in [-0.15, -0.1) is 11.3 Å². The molecule has 1 aliphatic heterocycles. The Labute approximate surface area is 140 Å². The number of thiophene rings is 1. The summed E-state index contributed by atoms with van der Waals surface area (Å²) in [4.78, 5) is 15.9. The predicted molar refractivity (Wildman–Crippen MR) is 93.1 cm³/mol. The Balaban J connectivity index is 1.43. The fraction of sp³-hybridized carbons (Fsp3) is 0.500. The van der Waals surface area contributed by atoms with Crippen molar-refractivity contribution in [3.05, 3.63) is 35.2 Å². The smallest absolute Gasteiger partial charge is 0.261 e. The van der Waals surface area contributed by atoms with E-state index in [9.17, 15) is 4.79 Å². The van der Waals surface area contributed by atoms with Crippen molar-refractivity contribution >= 4 is 27.3 Å². The molecular formula is C18H22N2O2S. The van der Waals surface area contributed by atoms with Gasteiger partial charge >= 0.3 is 0 Å². The summed E-state index contributed by atoms with van der Waals surface area (Å²) in [5.74, 6) is 0.0609. The number of ether oxygens (including phenoxy) is 1. The number of hydrogen-bond donors (Lipinski definition) is 1. The zero-order chi connectivity index (χ0) is 15.7. The van der Waals surface area contributed by atoms with Crippen LogP contribution in [0.3, 0.4) is 0 Å². The molecule has 5 heteroatoms. The van der Waals surface area contributed by atoms with Crippen molar-refractivity contribution in [3.8, 4) is 0 Å². The van der Waals surface area contributed by atoms with Gasteiger partial charge in [0.15, 0.2) is 0 Å². The van der Waals surface area contributed by atoms with Crippen LogP contribution in [-0.4, -0.2) is 49.2 Å². The molecule has 2 heterocycles. The maximum absolute atomic E-state index is 12.5. The van der Waals surface area contributed by atoms with Crippen LogP contribution in [0.4, 0.5) is 0 Å². The predicted octanol–water partition coefficient (Wildman–Crippen LogP) is 2.89. The molecule has 0 atom stereocenters. The summed E-state index contributed by atoms with van der Waals surface area (Å²) >= 11 is 1.57. The van der Waals surface area contributed by atoms with E-state index in [-0.39, 0.29) is 11.4 Å². The summed E-state index contributed by atoms with van der Waals surface area (Å²) < 4.78 is 6.64. The summed E-state index contributed by atoms with van der Waals surface area (Å²) in [7, 11) is 0. The molecule has 23 heavy (non-hydrogen) atoms. The van der Waals surface area contributed by atoms with Crippen molar-refractivity contribution in [1.82, 2.24) is 10.2 Å². The molecule has 0 unspecified atom stereocenters. The molecule has 1 saturated carbocycles. The van der Waals surface area contributed by atoms with Gasteiger partial charge in [0.05, 0.1) is 18.1 Å². The average molecular weight is 330 g/mol. The summed E-state index contributed by atoms with van der Waals surface area (Å²) in [5, 5.41) is 4.34. The summed E-state index contributed by atoms with van der Waals surface area (Å²) in [5.41, 5.74) is 0.163. The second-order valence-corrected chi connectivity index (χ2v) is 7.59. The van der Waals surface area contributed by atoms with Gasteiger partial charge in [0.1, 0.15) is 0 Å². The number of nitrogens with one attached hydrogen (secondary N) is 1. The zero-order valence-electron chi connectivity index (χ0n) is 13.2. The Morgan fingerprint density at radius 1 is 1.26 bits per heavy atom. The van der Waals surface area contributed by atoms with Gasteiger partial charge in [-0.05, 0) is 36.8 Å². The Bertz CT molecular complexity index is 669. The SMILES string of the molecule is O=C(NCC1(N2CCOCC2)CCC1)c1cc2ccccc2s1. The van der Waals surface area contributed by atoms with Crippen LogP contribution in [0.2, 0.25) is 0 Å². The van der Waals surface area contributed by atoms with Gasteiger partial charge in [-0.3, -0.25) is 9.69 Å². The molecule has 4 rings (SSSR count). The third-order valence-electron chi connectivity index (χ3n) is 5.19. The number of morpholine rings is 1. The first-order valence-electron chi connectivity index (χ1n) is 8.36. The Morgan fingerprint density at radius 2 is 2.04 bits per heavy atom. The molecule has 1 aromatic carbocycles. The third kappa shape index (κ3) is 2.89. The lowest BCUT2D eigenvalue weighted by molar-refractivity contribution is -0.0540. The van der Waals surface area contributed by atoms with Crippen LogP contribution in [0.5, 0.6) is 0 Å². The number of fused-ring (bicyclic) bond motifs is 1. The maximum Gasteiger partial charge on any atom is 0.261 e. The van der Waals surface area contributed by atoms with Crippen molar-refractivity contribution in [1.29, 1.82) is 0 Å². The summed E-state index contributed by atoms with van der Waals surface area (Å²) in [6.07, 6.45) is 3.62. The zero-order valence-corrected chi connectivity index (χ0v) is 14.0. The van der Waals surface area contributed by atoms with E-state index in [2.05, 4.69) is 22.3 Å². The van der Waals surface area contributed by atoms with Gasteiger partial charge in [0.2, 0.25) is 0 Å². The van der Waals surface area contributed by atoms with E-state index < -0.39 is 0 Å². The molecule has 4 nitrogen and oxygen atoms in total.